The number of hydrogen-bond acceptors (Lipinski definition) is 4. The smallest absolute Gasteiger partial charge is 0.213 e. The summed E-state index contributed by atoms with van der Waals surface area (Å²) < 4.78 is 5.69. The first-order chi connectivity index (χ1) is 23.1. The van der Waals surface area contributed by atoms with Gasteiger partial charge in [0.1, 0.15) is 0 Å². The van der Waals surface area contributed by atoms with Crippen LogP contribution in [0.15, 0.2) is 48.6 Å². The quantitative estimate of drug-likeness (QED) is 0.0396. The van der Waals surface area contributed by atoms with Gasteiger partial charge in [-0.3, -0.25) is 5.32 Å². The SMILES string of the molecule is CCCCCC=CCC=CCCCCCCCCC(CCCCCCCCC=CCC=CCCCCC)NC(O)OCCCN(C)C. The predicted molar refractivity (Wildman–Crippen MR) is 210 cm³/mol. The minimum Gasteiger partial charge on any atom is -0.356 e. The molecule has 0 aliphatic carbocycles. The summed E-state index contributed by atoms with van der Waals surface area (Å²) in [4.78, 5) is 2.16. The predicted octanol–water partition coefficient (Wildman–Crippen LogP) is 12.6. The van der Waals surface area contributed by atoms with Crippen LogP contribution in [0.25, 0.3) is 0 Å². The molecule has 0 aliphatic heterocycles. The van der Waals surface area contributed by atoms with Crippen LogP contribution in [0.2, 0.25) is 0 Å². The Balaban J connectivity index is 4.05. The number of nitrogens with zero attached hydrogens (tertiary/aromatic N) is 1. The van der Waals surface area contributed by atoms with Crippen molar-refractivity contribution in [3.63, 3.8) is 0 Å². The van der Waals surface area contributed by atoms with E-state index in [0.717, 1.165) is 38.6 Å². The molecule has 0 aliphatic rings. The van der Waals surface area contributed by atoms with Crippen molar-refractivity contribution in [1.82, 2.24) is 10.2 Å². The first-order valence-electron chi connectivity index (χ1n) is 20.4. The maximum absolute atomic E-state index is 10.5. The number of ether oxygens (including phenoxy) is 1. The van der Waals surface area contributed by atoms with Gasteiger partial charge in [-0.05, 0) is 104 Å². The molecule has 47 heavy (non-hydrogen) atoms. The number of hydrogen-bond donors (Lipinski definition) is 2. The van der Waals surface area contributed by atoms with Crippen molar-refractivity contribution in [1.29, 1.82) is 0 Å². The molecular weight excluding hydrogens is 576 g/mol. The number of allylic oxidation sites excluding steroid dienone is 8. The molecule has 0 saturated heterocycles. The summed E-state index contributed by atoms with van der Waals surface area (Å²) in [6, 6.07) is 0.343. The van der Waals surface area contributed by atoms with Gasteiger partial charge in [0, 0.05) is 6.04 Å². The molecule has 0 rings (SSSR count). The molecule has 4 nitrogen and oxygen atoms in total. The van der Waals surface area contributed by atoms with Crippen molar-refractivity contribution < 1.29 is 9.84 Å². The van der Waals surface area contributed by atoms with Crippen LogP contribution in [0.3, 0.4) is 0 Å². The Kier molecular flexibility index (Phi) is 38.2. The molecule has 0 radical (unpaired) electrons. The Morgan fingerprint density at radius 3 is 1.30 bits per heavy atom. The summed E-state index contributed by atoms with van der Waals surface area (Å²) in [5.41, 5.74) is 0. The van der Waals surface area contributed by atoms with E-state index >= 15 is 0 Å². The average molecular weight is 659 g/mol. The third-order valence-corrected chi connectivity index (χ3v) is 8.91. The van der Waals surface area contributed by atoms with Crippen LogP contribution in [0.4, 0.5) is 0 Å². The van der Waals surface area contributed by atoms with Crippen LogP contribution in [0.5, 0.6) is 0 Å². The van der Waals surface area contributed by atoms with Crippen LogP contribution in [-0.4, -0.2) is 49.7 Å². The largest absolute Gasteiger partial charge is 0.356 e. The van der Waals surface area contributed by atoms with Crippen LogP contribution >= 0.6 is 0 Å². The lowest BCUT2D eigenvalue weighted by atomic mass is 10.00. The molecule has 0 bridgehead atoms. The summed E-state index contributed by atoms with van der Waals surface area (Å²) in [5.74, 6) is 0. The number of rotatable bonds is 37. The molecule has 0 amide bonds. The van der Waals surface area contributed by atoms with E-state index in [1.165, 1.54) is 141 Å². The van der Waals surface area contributed by atoms with Gasteiger partial charge in [0.2, 0.25) is 6.41 Å². The Labute approximate surface area is 295 Å². The van der Waals surface area contributed by atoms with Gasteiger partial charge in [0.05, 0.1) is 6.61 Å². The van der Waals surface area contributed by atoms with Crippen LogP contribution in [-0.2, 0) is 4.74 Å². The molecule has 0 saturated carbocycles. The van der Waals surface area contributed by atoms with E-state index in [1.54, 1.807) is 0 Å². The number of aliphatic hydroxyl groups excluding tert-OH is 1. The summed E-state index contributed by atoms with van der Waals surface area (Å²) in [7, 11) is 4.15. The average Bonchev–Trinajstić information content (AvgIpc) is 3.06. The zero-order valence-electron chi connectivity index (χ0n) is 32.1. The Bertz CT molecular complexity index is 667. The highest BCUT2D eigenvalue weighted by Gasteiger charge is 2.13. The molecule has 0 fully saturated rings. The molecule has 0 aromatic rings. The lowest BCUT2D eigenvalue weighted by Crippen LogP contribution is -2.40. The molecule has 4 heteroatoms. The van der Waals surface area contributed by atoms with Gasteiger partial charge in [-0.1, -0.05) is 152 Å². The van der Waals surface area contributed by atoms with Crippen molar-refractivity contribution in [2.24, 2.45) is 0 Å². The maximum Gasteiger partial charge on any atom is 0.213 e. The van der Waals surface area contributed by atoms with Crippen LogP contribution < -0.4 is 5.32 Å². The van der Waals surface area contributed by atoms with Gasteiger partial charge in [-0.2, -0.15) is 0 Å². The zero-order chi connectivity index (χ0) is 34.3. The van der Waals surface area contributed by atoms with Crippen molar-refractivity contribution in [3.05, 3.63) is 48.6 Å². The molecule has 0 spiro atoms. The maximum atomic E-state index is 10.5. The molecular formula is C43H82N2O2. The van der Waals surface area contributed by atoms with E-state index in [9.17, 15) is 5.11 Å². The third kappa shape index (κ3) is 39.1. The Morgan fingerprint density at radius 2 is 0.894 bits per heavy atom. The monoisotopic (exact) mass is 659 g/mol. The van der Waals surface area contributed by atoms with Gasteiger partial charge in [-0.25, -0.2) is 0 Å². The summed E-state index contributed by atoms with van der Waals surface area (Å²) in [6.45, 7) is 6.10. The van der Waals surface area contributed by atoms with Gasteiger partial charge < -0.3 is 14.7 Å². The number of aliphatic hydroxyl groups is 1. The second-order valence-electron chi connectivity index (χ2n) is 14.0. The first kappa shape index (κ1) is 45.8. The standard InChI is InChI=1S/C43H82N2O2/c1-5-7-9-11-13-15-17-19-21-23-25-27-29-31-33-35-38-42(44-43(46)47-41-37-40-45(3)4)39-36-34-32-30-28-26-24-22-20-18-16-14-12-10-8-6-2/h13-16,19-22,42-44,46H,5-12,17-18,23-41H2,1-4H3. The minimum atomic E-state index is -0.851. The summed E-state index contributed by atoms with van der Waals surface area (Å²) in [6.07, 6.45) is 51.8. The Morgan fingerprint density at radius 1 is 0.511 bits per heavy atom. The summed E-state index contributed by atoms with van der Waals surface area (Å²) in [5, 5.41) is 13.9. The van der Waals surface area contributed by atoms with Gasteiger partial charge in [0.25, 0.3) is 0 Å². The van der Waals surface area contributed by atoms with Crippen molar-refractivity contribution in [3.8, 4) is 0 Å². The summed E-state index contributed by atoms with van der Waals surface area (Å²) >= 11 is 0. The van der Waals surface area contributed by atoms with Gasteiger partial charge >= 0.3 is 0 Å². The topological polar surface area (TPSA) is 44.7 Å². The van der Waals surface area contributed by atoms with Gasteiger partial charge in [0.15, 0.2) is 0 Å². The normalized spacial score (nSPS) is 13.8. The fourth-order valence-corrected chi connectivity index (χ4v) is 5.89. The van der Waals surface area contributed by atoms with E-state index in [1.807, 2.05) is 0 Å². The van der Waals surface area contributed by atoms with Crippen molar-refractivity contribution in [2.75, 3.05) is 27.2 Å². The molecule has 0 aromatic carbocycles. The van der Waals surface area contributed by atoms with Crippen molar-refractivity contribution >= 4 is 0 Å². The van der Waals surface area contributed by atoms with E-state index in [-0.39, 0.29) is 0 Å². The first-order valence-corrected chi connectivity index (χ1v) is 20.4. The fourth-order valence-electron chi connectivity index (χ4n) is 5.89. The number of unbranched alkanes of at least 4 members (excludes halogenated alkanes) is 18. The van der Waals surface area contributed by atoms with Crippen molar-refractivity contribution in [2.45, 2.75) is 200 Å². The highest BCUT2D eigenvalue weighted by atomic mass is 16.6. The van der Waals surface area contributed by atoms with Gasteiger partial charge in [-0.15, -0.1) is 0 Å². The number of nitrogens with one attached hydrogen (secondary N) is 1. The Hall–Kier alpha value is -1.20. The van der Waals surface area contributed by atoms with E-state index in [2.05, 4.69) is 86.8 Å². The zero-order valence-corrected chi connectivity index (χ0v) is 32.1. The molecule has 2 N–H and O–H groups in total. The molecule has 1 unspecified atom stereocenters. The second kappa shape index (κ2) is 39.2. The highest BCUT2D eigenvalue weighted by molar-refractivity contribution is 4.93. The molecule has 0 heterocycles. The minimum absolute atomic E-state index is 0.343. The lowest BCUT2D eigenvalue weighted by Gasteiger charge is -2.23. The van der Waals surface area contributed by atoms with E-state index < -0.39 is 6.41 Å². The fraction of sp³-hybridized carbons (Fsp3) is 0.814. The second-order valence-corrected chi connectivity index (χ2v) is 14.0. The van der Waals surface area contributed by atoms with E-state index in [0.29, 0.717) is 12.6 Å². The molecule has 276 valence electrons. The van der Waals surface area contributed by atoms with Crippen LogP contribution in [0.1, 0.15) is 187 Å². The molecule has 0 aromatic heterocycles. The van der Waals surface area contributed by atoms with Crippen LogP contribution in [0, 0.1) is 0 Å². The lowest BCUT2D eigenvalue weighted by molar-refractivity contribution is -0.128. The highest BCUT2D eigenvalue weighted by Crippen LogP contribution is 2.16. The van der Waals surface area contributed by atoms with E-state index in [4.69, 9.17) is 4.74 Å². The third-order valence-electron chi connectivity index (χ3n) is 8.91. The molecule has 1 atom stereocenters.